The molecule has 0 saturated carbocycles. The zero-order chi connectivity index (χ0) is 14.5. The molecule has 0 amide bonds. The van der Waals surface area contributed by atoms with E-state index >= 15 is 0 Å². The van der Waals surface area contributed by atoms with E-state index in [4.69, 9.17) is 9.47 Å². The molecule has 1 aliphatic heterocycles. The van der Waals surface area contributed by atoms with E-state index in [0.29, 0.717) is 13.2 Å². The molecular formula is C14H19N5O2. The Labute approximate surface area is 123 Å². The van der Waals surface area contributed by atoms with Crippen LogP contribution in [0.25, 0.3) is 0 Å². The first-order valence-electron chi connectivity index (χ1n) is 7.09. The fraction of sp³-hybridized carbons (Fsp3) is 0.500. The van der Waals surface area contributed by atoms with Crippen LogP contribution in [0.15, 0.2) is 24.3 Å². The van der Waals surface area contributed by atoms with Crippen LogP contribution in [0.3, 0.4) is 0 Å². The van der Waals surface area contributed by atoms with Crippen LogP contribution < -0.4 is 9.64 Å². The lowest BCUT2D eigenvalue weighted by Crippen LogP contribution is -2.29. The fourth-order valence-corrected chi connectivity index (χ4v) is 2.47. The van der Waals surface area contributed by atoms with E-state index in [9.17, 15) is 0 Å². The van der Waals surface area contributed by atoms with Crippen LogP contribution in [0.2, 0.25) is 0 Å². The molecule has 0 unspecified atom stereocenters. The number of rotatable bonds is 4. The molecule has 1 aromatic heterocycles. The maximum absolute atomic E-state index is 5.48. The quantitative estimate of drug-likeness (QED) is 0.835. The zero-order valence-corrected chi connectivity index (χ0v) is 12.1. The van der Waals surface area contributed by atoms with Gasteiger partial charge in [0.25, 0.3) is 0 Å². The number of para-hydroxylation sites is 1. The molecule has 0 atom stereocenters. The summed E-state index contributed by atoms with van der Waals surface area (Å²) in [5, 5.41) is 12.1. The third-order valence-electron chi connectivity index (χ3n) is 3.53. The zero-order valence-electron chi connectivity index (χ0n) is 12.1. The van der Waals surface area contributed by atoms with E-state index < -0.39 is 0 Å². The summed E-state index contributed by atoms with van der Waals surface area (Å²) in [6.07, 6.45) is 0.988. The van der Waals surface area contributed by atoms with Gasteiger partial charge < -0.3 is 14.4 Å². The number of aromatic nitrogens is 4. The van der Waals surface area contributed by atoms with Crippen LogP contribution in [0.1, 0.15) is 12.0 Å². The maximum Gasteiger partial charge on any atom is 0.245 e. The molecule has 0 N–H and O–H groups in total. The van der Waals surface area contributed by atoms with Crippen LogP contribution in [-0.4, -0.2) is 53.6 Å². The van der Waals surface area contributed by atoms with Crippen molar-refractivity contribution in [1.82, 2.24) is 20.2 Å². The molecule has 2 heterocycles. The van der Waals surface area contributed by atoms with Crippen LogP contribution >= 0.6 is 0 Å². The number of nitrogens with zero attached hydrogens (tertiary/aromatic N) is 5. The van der Waals surface area contributed by atoms with Crippen molar-refractivity contribution in [2.45, 2.75) is 13.0 Å². The molecule has 0 bridgehead atoms. The Morgan fingerprint density at radius 1 is 1.24 bits per heavy atom. The van der Waals surface area contributed by atoms with Gasteiger partial charge in [-0.15, -0.1) is 0 Å². The van der Waals surface area contributed by atoms with E-state index in [1.54, 1.807) is 7.11 Å². The number of hydrogen-bond acceptors (Lipinski definition) is 6. The summed E-state index contributed by atoms with van der Waals surface area (Å²) in [6.45, 7) is 3.81. The predicted octanol–water partition coefficient (Wildman–Crippen LogP) is 0.957. The second-order valence-corrected chi connectivity index (χ2v) is 4.90. The summed E-state index contributed by atoms with van der Waals surface area (Å²) >= 11 is 0. The summed E-state index contributed by atoms with van der Waals surface area (Å²) in [4.78, 5) is 2.17. The molecule has 0 aliphatic carbocycles. The van der Waals surface area contributed by atoms with Crippen LogP contribution in [-0.2, 0) is 11.3 Å². The number of benzene rings is 1. The topological polar surface area (TPSA) is 65.3 Å². The first-order chi connectivity index (χ1) is 10.4. The minimum absolute atomic E-state index is 0.587. The van der Waals surface area contributed by atoms with E-state index in [1.807, 2.05) is 28.9 Å². The van der Waals surface area contributed by atoms with Gasteiger partial charge in [0.1, 0.15) is 5.75 Å². The van der Waals surface area contributed by atoms with Crippen molar-refractivity contribution in [3.05, 3.63) is 29.8 Å². The van der Waals surface area contributed by atoms with Gasteiger partial charge in [-0.2, -0.15) is 0 Å². The average molecular weight is 289 g/mol. The molecule has 7 heteroatoms. The number of ether oxygens (including phenoxy) is 2. The molecular weight excluding hydrogens is 270 g/mol. The monoisotopic (exact) mass is 289 g/mol. The molecule has 1 saturated heterocycles. The first-order valence-corrected chi connectivity index (χ1v) is 7.09. The number of hydrogen-bond donors (Lipinski definition) is 0. The van der Waals surface area contributed by atoms with Gasteiger partial charge in [-0.3, -0.25) is 0 Å². The minimum Gasteiger partial charge on any atom is -0.496 e. The second-order valence-electron chi connectivity index (χ2n) is 4.90. The largest absolute Gasteiger partial charge is 0.496 e. The molecule has 1 fully saturated rings. The molecule has 7 nitrogen and oxygen atoms in total. The van der Waals surface area contributed by atoms with Crippen molar-refractivity contribution in [1.29, 1.82) is 0 Å². The Hall–Kier alpha value is -2.15. The number of tetrazole rings is 1. The van der Waals surface area contributed by atoms with Crippen molar-refractivity contribution < 1.29 is 9.47 Å². The van der Waals surface area contributed by atoms with Crippen molar-refractivity contribution >= 4 is 5.95 Å². The standard InChI is InChI=1S/C14H19N5O2/c1-20-13-6-3-2-5-12(13)11-19-14(15-16-17-19)18-7-4-9-21-10-8-18/h2-3,5-6H,4,7-11H2,1H3. The van der Waals surface area contributed by atoms with Gasteiger partial charge in [0.2, 0.25) is 5.95 Å². The fourth-order valence-electron chi connectivity index (χ4n) is 2.47. The van der Waals surface area contributed by atoms with Gasteiger partial charge in [0.05, 0.1) is 20.3 Å². The Morgan fingerprint density at radius 2 is 2.14 bits per heavy atom. The highest BCUT2D eigenvalue weighted by Gasteiger charge is 2.17. The predicted molar refractivity (Wildman–Crippen MR) is 77.6 cm³/mol. The Kier molecular flexibility index (Phi) is 4.30. The lowest BCUT2D eigenvalue weighted by atomic mass is 10.2. The Balaban J connectivity index is 1.81. The SMILES string of the molecule is COc1ccccc1Cn1nnnc1N1CCCOCC1. The molecule has 21 heavy (non-hydrogen) atoms. The van der Waals surface area contributed by atoms with Crippen molar-refractivity contribution in [3.63, 3.8) is 0 Å². The molecule has 0 spiro atoms. The summed E-state index contributed by atoms with van der Waals surface area (Å²) < 4.78 is 12.7. The number of methoxy groups -OCH3 is 1. The van der Waals surface area contributed by atoms with Crippen LogP contribution in [0, 0.1) is 0 Å². The normalized spacial score (nSPS) is 15.8. The highest BCUT2D eigenvalue weighted by molar-refractivity contribution is 5.35. The van der Waals surface area contributed by atoms with Gasteiger partial charge in [-0.05, 0) is 22.9 Å². The summed E-state index contributed by atoms with van der Waals surface area (Å²) in [5.74, 6) is 1.63. The van der Waals surface area contributed by atoms with Gasteiger partial charge in [0.15, 0.2) is 0 Å². The van der Waals surface area contributed by atoms with E-state index in [2.05, 4.69) is 20.4 Å². The minimum atomic E-state index is 0.587. The maximum atomic E-state index is 5.48. The van der Waals surface area contributed by atoms with Gasteiger partial charge >= 0.3 is 0 Å². The van der Waals surface area contributed by atoms with Crippen LogP contribution in [0.4, 0.5) is 5.95 Å². The van der Waals surface area contributed by atoms with Gasteiger partial charge in [-0.1, -0.05) is 23.3 Å². The first kappa shape index (κ1) is 13.8. The summed E-state index contributed by atoms with van der Waals surface area (Å²) in [6, 6.07) is 7.91. The van der Waals surface area contributed by atoms with Crippen molar-refractivity contribution in [3.8, 4) is 5.75 Å². The highest BCUT2D eigenvalue weighted by Crippen LogP contribution is 2.20. The number of anilines is 1. The van der Waals surface area contributed by atoms with Crippen LogP contribution in [0.5, 0.6) is 5.75 Å². The molecule has 3 rings (SSSR count). The Morgan fingerprint density at radius 3 is 3.05 bits per heavy atom. The van der Waals surface area contributed by atoms with Crippen molar-refractivity contribution in [2.24, 2.45) is 0 Å². The summed E-state index contributed by atoms with van der Waals surface area (Å²) in [5.41, 5.74) is 1.06. The van der Waals surface area contributed by atoms with E-state index in [1.165, 1.54) is 0 Å². The van der Waals surface area contributed by atoms with E-state index in [0.717, 1.165) is 43.4 Å². The summed E-state index contributed by atoms with van der Waals surface area (Å²) in [7, 11) is 1.67. The lowest BCUT2D eigenvalue weighted by molar-refractivity contribution is 0.152. The third kappa shape index (κ3) is 3.13. The van der Waals surface area contributed by atoms with E-state index in [-0.39, 0.29) is 0 Å². The average Bonchev–Trinajstić information content (AvgIpc) is 2.81. The molecule has 1 aliphatic rings. The third-order valence-corrected chi connectivity index (χ3v) is 3.53. The molecule has 0 radical (unpaired) electrons. The molecule has 112 valence electrons. The highest BCUT2D eigenvalue weighted by atomic mass is 16.5. The Bertz CT molecular complexity index is 578. The lowest BCUT2D eigenvalue weighted by Gasteiger charge is -2.20. The molecule has 1 aromatic carbocycles. The van der Waals surface area contributed by atoms with Gasteiger partial charge in [-0.25, -0.2) is 4.68 Å². The van der Waals surface area contributed by atoms with Crippen molar-refractivity contribution in [2.75, 3.05) is 38.3 Å². The van der Waals surface area contributed by atoms with Gasteiger partial charge in [0, 0.05) is 25.3 Å². The second kappa shape index (κ2) is 6.53. The smallest absolute Gasteiger partial charge is 0.245 e. The molecule has 2 aromatic rings.